The fraction of sp³-hybridized carbons (Fsp3) is 0.302. The molecule has 4 aromatic carbocycles. The lowest BCUT2D eigenvalue weighted by Gasteiger charge is -2.29. The van der Waals surface area contributed by atoms with E-state index in [1.807, 2.05) is 117 Å². The van der Waals surface area contributed by atoms with E-state index in [1.54, 1.807) is 6.20 Å². The van der Waals surface area contributed by atoms with Crippen LogP contribution < -0.4 is 21.3 Å². The molecule has 0 bridgehead atoms. The number of nitrogens with one attached hydrogen (secondary N) is 5. The second-order valence-corrected chi connectivity index (χ2v) is 13.9. The van der Waals surface area contributed by atoms with Crippen LogP contribution in [0.2, 0.25) is 0 Å². The lowest BCUT2D eigenvalue weighted by atomic mass is 9.89. The number of aldehydes is 1. The first-order valence-corrected chi connectivity index (χ1v) is 18.5. The third kappa shape index (κ3) is 12.4. The summed E-state index contributed by atoms with van der Waals surface area (Å²) in [6, 6.07) is 29.1. The van der Waals surface area contributed by atoms with E-state index in [1.165, 1.54) is 6.33 Å². The number of aromatic amines is 1. The number of nitrogens with zero attached hydrogens (tertiary/aromatic N) is 1. The van der Waals surface area contributed by atoms with Crippen LogP contribution in [0.4, 0.5) is 4.79 Å². The van der Waals surface area contributed by atoms with Gasteiger partial charge in [0, 0.05) is 44.0 Å². The Bertz CT molecular complexity index is 2000. The summed E-state index contributed by atoms with van der Waals surface area (Å²) in [5.41, 5.74) is 3.02. The highest BCUT2D eigenvalue weighted by Gasteiger charge is 2.32. The molecule has 1 heterocycles. The van der Waals surface area contributed by atoms with Crippen molar-refractivity contribution in [3.05, 3.63) is 138 Å². The summed E-state index contributed by atoms with van der Waals surface area (Å²) >= 11 is 0. The molecule has 0 aliphatic carbocycles. The Kier molecular flexibility index (Phi) is 14.7. The van der Waals surface area contributed by atoms with E-state index < -0.39 is 42.0 Å². The maximum absolute atomic E-state index is 14.2. The van der Waals surface area contributed by atoms with E-state index in [9.17, 15) is 24.0 Å². The average Bonchev–Trinajstić information content (AvgIpc) is 3.71. The zero-order valence-corrected chi connectivity index (χ0v) is 31.1. The molecule has 4 atom stereocenters. The first-order chi connectivity index (χ1) is 26.7. The Hall–Kier alpha value is -6.30. The Morgan fingerprint density at radius 2 is 1.42 bits per heavy atom. The number of amides is 4. The molecule has 0 saturated heterocycles. The van der Waals surface area contributed by atoms with E-state index in [4.69, 9.17) is 4.74 Å². The largest absolute Gasteiger partial charge is 0.445 e. The maximum Gasteiger partial charge on any atom is 0.408 e. The number of H-pyrrole nitrogens is 1. The van der Waals surface area contributed by atoms with Crippen molar-refractivity contribution in [3.63, 3.8) is 0 Å². The number of hydrogen-bond donors (Lipinski definition) is 5. The van der Waals surface area contributed by atoms with Gasteiger partial charge in [-0.15, -0.1) is 0 Å². The summed E-state index contributed by atoms with van der Waals surface area (Å²) in [6.45, 7) is 4.22. The molecule has 0 radical (unpaired) electrons. The zero-order valence-electron chi connectivity index (χ0n) is 31.1. The highest BCUT2D eigenvalue weighted by atomic mass is 16.5. The Balaban J connectivity index is 1.34. The smallest absolute Gasteiger partial charge is 0.408 e. The van der Waals surface area contributed by atoms with Gasteiger partial charge in [-0.2, -0.15) is 0 Å². The summed E-state index contributed by atoms with van der Waals surface area (Å²) in [4.78, 5) is 74.1. The van der Waals surface area contributed by atoms with Crippen molar-refractivity contribution in [3.8, 4) is 0 Å². The predicted molar refractivity (Wildman–Crippen MR) is 209 cm³/mol. The molecule has 12 nitrogen and oxygen atoms in total. The Labute approximate surface area is 320 Å². The van der Waals surface area contributed by atoms with Crippen LogP contribution in [-0.4, -0.2) is 58.2 Å². The number of hydrogen-bond acceptors (Lipinski definition) is 7. The Morgan fingerprint density at radius 3 is 2.11 bits per heavy atom. The van der Waals surface area contributed by atoms with Crippen molar-refractivity contribution < 1.29 is 28.7 Å². The van der Waals surface area contributed by atoms with Gasteiger partial charge in [0.05, 0.1) is 12.0 Å². The van der Waals surface area contributed by atoms with Crippen molar-refractivity contribution in [2.75, 3.05) is 0 Å². The van der Waals surface area contributed by atoms with Gasteiger partial charge in [0.1, 0.15) is 25.0 Å². The standard InChI is InChI=1S/C43H48N6O6/c1-29(2)20-37(34(26-50)22-40(51)45-24-30-12-5-3-6-13-30)47-42(53)39(23-35-25-44-28-46-35)48-41(52)38(49-43(54)55-27-31-14-7-4-8-15-31)21-33-18-11-17-32-16-9-10-19-36(32)33/h3-19,25-26,28-29,34,37-39H,20-24,27H2,1-2H3,(H,44,46)(H,45,51)(H,47,53)(H,48,52)(H,49,54)/t34-,37+,38+,39+/m1/s1. The molecule has 0 saturated carbocycles. The van der Waals surface area contributed by atoms with Crippen LogP contribution in [0.25, 0.3) is 10.8 Å². The lowest BCUT2D eigenvalue weighted by molar-refractivity contribution is -0.131. The molecule has 4 amide bonds. The summed E-state index contributed by atoms with van der Waals surface area (Å²) in [7, 11) is 0. The van der Waals surface area contributed by atoms with E-state index >= 15 is 0 Å². The second kappa shape index (κ2) is 20.2. The zero-order chi connectivity index (χ0) is 39.0. The molecular formula is C43H48N6O6. The van der Waals surface area contributed by atoms with Crippen LogP contribution >= 0.6 is 0 Å². The van der Waals surface area contributed by atoms with Gasteiger partial charge >= 0.3 is 6.09 Å². The molecule has 0 spiro atoms. The minimum Gasteiger partial charge on any atom is -0.445 e. The van der Waals surface area contributed by atoms with Gasteiger partial charge in [0.25, 0.3) is 0 Å². The van der Waals surface area contributed by atoms with Crippen molar-refractivity contribution in [1.29, 1.82) is 0 Å². The third-order valence-corrected chi connectivity index (χ3v) is 9.22. The first-order valence-electron chi connectivity index (χ1n) is 18.5. The topological polar surface area (TPSA) is 171 Å². The van der Waals surface area contributed by atoms with Crippen molar-refractivity contribution in [1.82, 2.24) is 31.2 Å². The number of rotatable bonds is 19. The summed E-state index contributed by atoms with van der Waals surface area (Å²) < 4.78 is 5.48. The van der Waals surface area contributed by atoms with Crippen LogP contribution in [0, 0.1) is 11.8 Å². The van der Waals surface area contributed by atoms with Crippen LogP contribution in [-0.2, 0) is 49.9 Å². The number of benzene rings is 4. The monoisotopic (exact) mass is 744 g/mol. The van der Waals surface area contributed by atoms with E-state index in [0.717, 1.165) is 27.5 Å². The Morgan fingerprint density at radius 1 is 0.764 bits per heavy atom. The molecule has 0 unspecified atom stereocenters. The van der Waals surface area contributed by atoms with Crippen molar-refractivity contribution >= 4 is 40.9 Å². The van der Waals surface area contributed by atoms with E-state index in [2.05, 4.69) is 31.2 Å². The molecule has 0 aliphatic heterocycles. The quantitative estimate of drug-likeness (QED) is 0.0726. The van der Waals surface area contributed by atoms with Crippen molar-refractivity contribution in [2.24, 2.45) is 11.8 Å². The fourth-order valence-electron chi connectivity index (χ4n) is 6.40. The third-order valence-electron chi connectivity index (χ3n) is 9.22. The van der Waals surface area contributed by atoms with Gasteiger partial charge in [0.15, 0.2) is 0 Å². The lowest BCUT2D eigenvalue weighted by Crippen LogP contribution is -2.57. The molecule has 5 N–H and O–H groups in total. The minimum absolute atomic E-state index is 0.00110. The fourth-order valence-corrected chi connectivity index (χ4v) is 6.40. The summed E-state index contributed by atoms with van der Waals surface area (Å²) in [6.07, 6.45) is 3.38. The van der Waals surface area contributed by atoms with Gasteiger partial charge in [-0.05, 0) is 39.8 Å². The van der Waals surface area contributed by atoms with Gasteiger partial charge in [-0.3, -0.25) is 14.4 Å². The molecule has 286 valence electrons. The molecule has 0 fully saturated rings. The van der Waals surface area contributed by atoms with Gasteiger partial charge in [-0.1, -0.05) is 117 Å². The maximum atomic E-state index is 14.2. The number of alkyl carbamates (subject to hydrolysis) is 1. The molecule has 12 heteroatoms. The van der Waals surface area contributed by atoms with Crippen LogP contribution in [0.3, 0.4) is 0 Å². The van der Waals surface area contributed by atoms with Crippen LogP contribution in [0.5, 0.6) is 0 Å². The molecule has 0 aliphatic rings. The van der Waals surface area contributed by atoms with Gasteiger partial charge in [-0.25, -0.2) is 9.78 Å². The van der Waals surface area contributed by atoms with Gasteiger partial charge in [0.2, 0.25) is 17.7 Å². The van der Waals surface area contributed by atoms with Crippen LogP contribution in [0.15, 0.2) is 116 Å². The predicted octanol–water partition coefficient (Wildman–Crippen LogP) is 5.18. The van der Waals surface area contributed by atoms with Crippen molar-refractivity contribution in [2.45, 2.75) is 70.8 Å². The number of aromatic nitrogens is 2. The molecule has 1 aromatic heterocycles. The van der Waals surface area contributed by atoms with Gasteiger partial charge < -0.3 is 35.8 Å². The number of carbonyl (C=O) groups excluding carboxylic acids is 5. The second-order valence-electron chi connectivity index (χ2n) is 13.9. The number of fused-ring (bicyclic) bond motifs is 1. The molecular weight excluding hydrogens is 697 g/mol. The highest BCUT2D eigenvalue weighted by molar-refractivity contribution is 5.93. The number of imidazole rings is 1. The van der Waals surface area contributed by atoms with Crippen LogP contribution in [0.1, 0.15) is 49.1 Å². The normalized spacial score (nSPS) is 13.2. The highest BCUT2D eigenvalue weighted by Crippen LogP contribution is 2.21. The molecule has 55 heavy (non-hydrogen) atoms. The summed E-state index contributed by atoms with van der Waals surface area (Å²) in [5, 5.41) is 13.3. The number of ether oxygens (including phenoxy) is 1. The SMILES string of the molecule is CC(C)C[C@H](NC(=O)[C@H](Cc1c[nH]cn1)NC(=O)[C@H](Cc1cccc2ccccc12)NC(=O)OCc1ccccc1)[C@@H](C=O)CC(=O)NCc1ccccc1. The minimum atomic E-state index is -1.15. The summed E-state index contributed by atoms with van der Waals surface area (Å²) in [5.74, 6) is -2.27. The molecule has 5 aromatic rings. The van der Waals surface area contributed by atoms with E-state index in [-0.39, 0.29) is 37.7 Å². The first kappa shape index (κ1) is 39.9. The average molecular weight is 745 g/mol. The van der Waals surface area contributed by atoms with E-state index in [0.29, 0.717) is 24.9 Å². The molecule has 5 rings (SSSR count). The number of carbonyl (C=O) groups is 5.